The molecule has 0 rings (SSSR count). The second kappa shape index (κ2) is 84.8. The van der Waals surface area contributed by atoms with Gasteiger partial charge in [0.1, 0.15) is 0 Å². The van der Waals surface area contributed by atoms with Gasteiger partial charge in [-0.15, -0.1) is 0 Å². The molecule has 0 aromatic heterocycles. The molecular weight excluding hydrogens is 1860 g/mol. The summed E-state index contributed by atoms with van der Waals surface area (Å²) in [5.41, 5.74) is 0. The van der Waals surface area contributed by atoms with Gasteiger partial charge in [-0.25, -0.2) is 0 Å². The molecule has 0 N–H and O–H groups in total. The van der Waals surface area contributed by atoms with Crippen molar-refractivity contribution in [3.05, 3.63) is 42.5 Å². The number of rotatable bonds is 16. The van der Waals surface area contributed by atoms with Crippen molar-refractivity contribution in [1.29, 1.82) is 0 Å². The van der Waals surface area contributed by atoms with Crippen LogP contribution in [-0.4, -0.2) is 143 Å². The van der Waals surface area contributed by atoms with Crippen LogP contribution in [0.5, 0.6) is 0 Å². The smallest absolute Gasteiger partial charge is 0.467 e. The van der Waals surface area contributed by atoms with E-state index < -0.39 is 0 Å². The molecule has 16 nitrogen and oxygen atoms in total. The molecule has 0 fully saturated rings. The Morgan fingerprint density at radius 3 is 0.239 bits per heavy atom. The van der Waals surface area contributed by atoms with Gasteiger partial charge in [-0.2, -0.15) is 0 Å². The van der Waals surface area contributed by atoms with Crippen molar-refractivity contribution in [3.63, 3.8) is 0 Å². The molecule has 0 radical (unpaired) electrons. The van der Waals surface area contributed by atoms with Crippen molar-refractivity contribution in [2.24, 2.45) is 39.9 Å². The SMILES string of the molecule is CC(=NC(C)C)[N-]C(C)C.CC(=NC(C)C)[N-]C(C)C.CC(=NC(C)C)[N-]C(C)C.CC(=NC(C)C)[N-]C(C)C.CC(=NC(C)C)[N-]C(C)C.CC(=NC(C)C)[N-]C(C)C.CC(=NC(C)C)[N-]C(C)C.CC(=NC(C)C)[N-]C(C)C.[Ag+].[Ag+].[Ag+].[Ag+].[Ag+].[Ag+].[Ag+].[Ag+]. The number of nitrogens with zero attached hydrogens (tertiary/aromatic N) is 16. The summed E-state index contributed by atoms with van der Waals surface area (Å²) in [6.07, 6.45) is 0. The van der Waals surface area contributed by atoms with Crippen molar-refractivity contribution < 1.29 is 179 Å². The Kier molecular flexibility index (Phi) is 125. The maximum Gasteiger partial charge on any atom is 1.00 e. The van der Waals surface area contributed by atoms with Gasteiger partial charge in [-0.1, -0.05) is 268 Å². The fraction of sp³-hybridized carbons (Fsp3) is 0.875. The van der Waals surface area contributed by atoms with Crippen molar-refractivity contribution in [2.75, 3.05) is 0 Å². The molecule has 0 aromatic carbocycles. The van der Waals surface area contributed by atoms with Crippen LogP contribution in [0.3, 0.4) is 0 Å². The van der Waals surface area contributed by atoms with Crippen LogP contribution in [0, 0.1) is 0 Å². The summed E-state index contributed by atoms with van der Waals surface area (Å²) in [6, 6.07) is 5.81. The average molecular weight is 1990 g/mol. The molecule has 0 aliphatic rings. The summed E-state index contributed by atoms with van der Waals surface area (Å²) in [5, 5.41) is 34.1. The van der Waals surface area contributed by atoms with Crippen LogP contribution < -0.4 is 0 Å². The summed E-state index contributed by atoms with van der Waals surface area (Å²) < 4.78 is 0. The number of hydrogen-bond acceptors (Lipinski definition) is 8. The van der Waals surface area contributed by atoms with Gasteiger partial charge in [0.25, 0.3) is 0 Å². The largest absolute Gasteiger partial charge is 1.00 e. The number of amidine groups is 8. The van der Waals surface area contributed by atoms with Crippen LogP contribution in [-0.2, 0) is 179 Å². The first kappa shape index (κ1) is 130. The van der Waals surface area contributed by atoms with E-state index in [2.05, 4.69) is 304 Å². The topological polar surface area (TPSA) is 212 Å². The van der Waals surface area contributed by atoms with Gasteiger partial charge in [0.2, 0.25) is 0 Å². The van der Waals surface area contributed by atoms with E-state index in [-0.39, 0.29) is 179 Å². The van der Waals surface area contributed by atoms with Crippen LogP contribution in [0.15, 0.2) is 39.9 Å². The zero-order chi connectivity index (χ0) is 65.2. The predicted octanol–water partition coefficient (Wildman–Crippen LogP) is 20.7. The summed E-state index contributed by atoms with van der Waals surface area (Å²) >= 11 is 0. The van der Waals surface area contributed by atoms with E-state index in [1.165, 1.54) is 0 Å². The Labute approximate surface area is 673 Å². The van der Waals surface area contributed by atoms with Gasteiger partial charge >= 0.3 is 179 Å². The van der Waals surface area contributed by atoms with Crippen LogP contribution >= 0.6 is 0 Å². The third kappa shape index (κ3) is 153. The Morgan fingerprint density at radius 1 is 0.148 bits per heavy atom. The standard InChI is InChI=1S/8C8H17N2.8Ag/c8*1-6(2)9-8(5)10-7(3)4;;;;;;;;/h8*6-7H,1-5H3;;;;;;;;/q8*-1;8*+1. The Bertz CT molecular complexity index is 1310. The molecule has 0 saturated carbocycles. The van der Waals surface area contributed by atoms with Crippen LogP contribution in [0.1, 0.15) is 277 Å². The van der Waals surface area contributed by atoms with Gasteiger partial charge in [0.05, 0.1) is 0 Å². The monoisotopic (exact) mass is 1980 g/mol. The van der Waals surface area contributed by atoms with E-state index in [0.717, 1.165) is 46.7 Å². The first-order valence-electron chi connectivity index (χ1n) is 30.2. The Morgan fingerprint density at radius 2 is 0.205 bits per heavy atom. The second-order valence-corrected chi connectivity index (χ2v) is 23.9. The summed E-state index contributed by atoms with van der Waals surface area (Å²) in [4.78, 5) is 34.1. The van der Waals surface area contributed by atoms with Crippen molar-refractivity contribution >= 4 is 46.7 Å². The summed E-state index contributed by atoms with van der Waals surface area (Å²) in [5.74, 6) is 7.26. The Balaban J connectivity index is -0.0000000475. The molecule has 0 aromatic rings. The van der Waals surface area contributed by atoms with Crippen LogP contribution in [0.4, 0.5) is 0 Å². The molecule has 24 heteroatoms. The molecule has 0 bridgehead atoms. The molecule has 560 valence electrons. The minimum atomic E-state index is 0. The molecule has 0 aliphatic heterocycles. The van der Waals surface area contributed by atoms with E-state index in [1.54, 1.807) is 0 Å². The van der Waals surface area contributed by atoms with Crippen LogP contribution in [0.25, 0.3) is 42.5 Å². The average Bonchev–Trinajstić information content (AvgIpc) is 3.14. The third-order valence-electron chi connectivity index (χ3n) is 7.12. The van der Waals surface area contributed by atoms with Gasteiger partial charge in [0, 0.05) is 0 Å². The fourth-order valence-corrected chi connectivity index (χ4v) is 6.25. The normalized spacial score (nSPS) is 11.7. The van der Waals surface area contributed by atoms with E-state index >= 15 is 0 Å². The van der Waals surface area contributed by atoms with Gasteiger partial charge < -0.3 is 82.5 Å². The zero-order valence-corrected chi connectivity index (χ0v) is 74.7. The van der Waals surface area contributed by atoms with Crippen molar-refractivity contribution in [1.82, 2.24) is 0 Å². The minimum Gasteiger partial charge on any atom is -0.467 e. The molecule has 0 saturated heterocycles. The van der Waals surface area contributed by atoms with E-state index in [0.29, 0.717) is 96.7 Å². The first-order valence-corrected chi connectivity index (χ1v) is 30.2. The first-order chi connectivity index (χ1) is 36.2. The number of aliphatic imine (C=N–C) groups is 8. The van der Waals surface area contributed by atoms with Gasteiger partial charge in [-0.3, -0.25) is 0 Å². The predicted molar refractivity (Wildman–Crippen MR) is 374 cm³/mol. The molecular formula is C64H136Ag8N16. The minimum absolute atomic E-state index is 0. The van der Waals surface area contributed by atoms with E-state index in [9.17, 15) is 0 Å². The molecule has 0 heterocycles. The van der Waals surface area contributed by atoms with E-state index in [4.69, 9.17) is 0 Å². The summed E-state index contributed by atoms with van der Waals surface area (Å²) in [7, 11) is 0. The maximum atomic E-state index is 4.27. The molecule has 0 unspecified atom stereocenters. The van der Waals surface area contributed by atoms with Crippen LogP contribution in [0.2, 0.25) is 0 Å². The molecule has 0 amide bonds. The second-order valence-electron chi connectivity index (χ2n) is 23.9. The van der Waals surface area contributed by atoms with Gasteiger partial charge in [-0.05, 0) is 152 Å². The summed E-state index contributed by atoms with van der Waals surface area (Å²) in [6.45, 7) is 81.3. The zero-order valence-electron chi connectivity index (χ0n) is 62.8. The molecule has 0 atom stereocenters. The third-order valence-corrected chi connectivity index (χ3v) is 7.12. The van der Waals surface area contributed by atoms with Crippen molar-refractivity contribution in [2.45, 2.75) is 374 Å². The Hall–Kier alpha value is 1.68. The fourth-order valence-electron chi connectivity index (χ4n) is 6.25. The van der Waals surface area contributed by atoms with E-state index in [1.807, 2.05) is 55.4 Å². The van der Waals surface area contributed by atoms with Gasteiger partial charge in [0.15, 0.2) is 0 Å². The molecule has 0 spiro atoms. The number of hydrogen-bond donors (Lipinski definition) is 0. The van der Waals surface area contributed by atoms with Crippen molar-refractivity contribution in [3.8, 4) is 0 Å². The maximum absolute atomic E-state index is 4.27. The molecule has 88 heavy (non-hydrogen) atoms. The molecule has 0 aliphatic carbocycles. The quantitative estimate of drug-likeness (QED) is 0.0802.